The first-order chi connectivity index (χ1) is 17.5. The third kappa shape index (κ3) is 4.87. The Kier molecular flexibility index (Phi) is 6.13. The molecule has 1 saturated heterocycles. The first-order valence-corrected chi connectivity index (χ1v) is 12.4. The van der Waals surface area contributed by atoms with Crippen molar-refractivity contribution in [2.24, 2.45) is 0 Å². The molecule has 0 radical (unpaired) electrons. The second-order valence-electron chi connectivity index (χ2n) is 10.6. The van der Waals surface area contributed by atoms with Gasteiger partial charge in [0.15, 0.2) is 11.5 Å². The number of amides is 1. The second kappa shape index (κ2) is 9.17. The van der Waals surface area contributed by atoms with Crippen molar-refractivity contribution < 1.29 is 13.9 Å². The zero-order chi connectivity index (χ0) is 26.5. The molecule has 4 aromatic rings. The summed E-state index contributed by atoms with van der Waals surface area (Å²) in [5, 5.41) is 0.445. The standard InChI is InChI=1S/C27H31FN6O3/c1-17-14-33-15-20(13-22(28)24(33)30-17)34-16-29-23-7-6-19(12-21(23)25(34)35)31(5)18-8-10-32(11-9-18)26(36)37-27(2,3)4/h6-7,12-16,18H,8-11H2,1-5H3. The van der Waals surface area contributed by atoms with Gasteiger partial charge < -0.3 is 18.9 Å². The van der Waals surface area contributed by atoms with Crippen LogP contribution < -0.4 is 10.5 Å². The summed E-state index contributed by atoms with van der Waals surface area (Å²) in [5.74, 6) is -0.510. The fourth-order valence-corrected chi connectivity index (χ4v) is 4.78. The molecule has 0 aliphatic carbocycles. The van der Waals surface area contributed by atoms with Crippen LogP contribution >= 0.6 is 0 Å². The van der Waals surface area contributed by atoms with Crippen LogP contribution in [0.4, 0.5) is 14.9 Å². The molecule has 0 N–H and O–H groups in total. The van der Waals surface area contributed by atoms with Crippen LogP contribution in [0.5, 0.6) is 0 Å². The fourth-order valence-electron chi connectivity index (χ4n) is 4.78. The monoisotopic (exact) mass is 506 g/mol. The topological polar surface area (TPSA) is 85.0 Å². The largest absolute Gasteiger partial charge is 0.444 e. The predicted molar refractivity (Wildman–Crippen MR) is 140 cm³/mol. The average molecular weight is 507 g/mol. The van der Waals surface area contributed by atoms with E-state index in [0.717, 1.165) is 18.5 Å². The van der Waals surface area contributed by atoms with Gasteiger partial charge in [-0.2, -0.15) is 0 Å². The summed E-state index contributed by atoms with van der Waals surface area (Å²) in [7, 11) is 1.99. The van der Waals surface area contributed by atoms with Gasteiger partial charge in [0, 0.05) is 50.3 Å². The van der Waals surface area contributed by atoms with Crippen LogP contribution in [0.3, 0.4) is 0 Å². The van der Waals surface area contributed by atoms with Crippen LogP contribution in [0.25, 0.3) is 22.2 Å². The number of benzene rings is 1. The highest BCUT2D eigenvalue weighted by Gasteiger charge is 2.28. The molecule has 3 aromatic heterocycles. The molecular weight excluding hydrogens is 475 g/mol. The zero-order valence-electron chi connectivity index (χ0n) is 21.7. The Hall–Kier alpha value is -3.95. The highest BCUT2D eigenvalue weighted by atomic mass is 19.1. The van der Waals surface area contributed by atoms with E-state index in [1.807, 2.05) is 46.0 Å². The van der Waals surface area contributed by atoms with Gasteiger partial charge in [0.2, 0.25) is 0 Å². The maximum absolute atomic E-state index is 14.7. The Morgan fingerprint density at radius 1 is 1.16 bits per heavy atom. The fraction of sp³-hybridized carbons (Fsp3) is 0.407. The number of pyridine rings is 1. The zero-order valence-corrected chi connectivity index (χ0v) is 21.7. The molecule has 9 nitrogen and oxygen atoms in total. The third-order valence-electron chi connectivity index (χ3n) is 6.70. The number of halogens is 1. The van der Waals surface area contributed by atoms with Gasteiger partial charge in [-0.15, -0.1) is 0 Å². The molecule has 37 heavy (non-hydrogen) atoms. The summed E-state index contributed by atoms with van der Waals surface area (Å²) in [6.45, 7) is 8.58. The molecule has 0 bridgehead atoms. The number of carbonyl (C=O) groups is 1. The van der Waals surface area contributed by atoms with Crippen LogP contribution in [0.1, 0.15) is 39.3 Å². The highest BCUT2D eigenvalue weighted by molar-refractivity contribution is 5.82. The van der Waals surface area contributed by atoms with Gasteiger partial charge in [-0.25, -0.2) is 19.2 Å². The van der Waals surface area contributed by atoms with E-state index >= 15 is 0 Å². The molecule has 194 valence electrons. The Morgan fingerprint density at radius 3 is 2.59 bits per heavy atom. The number of nitrogens with zero attached hydrogens (tertiary/aromatic N) is 6. The molecule has 1 aromatic carbocycles. The molecule has 0 saturated carbocycles. The second-order valence-corrected chi connectivity index (χ2v) is 10.6. The van der Waals surface area contributed by atoms with Gasteiger partial charge in [0.05, 0.1) is 22.3 Å². The minimum absolute atomic E-state index is 0.205. The Bertz CT molecular complexity index is 1550. The molecular formula is C27H31FN6O3. The van der Waals surface area contributed by atoms with Gasteiger partial charge in [0.1, 0.15) is 11.9 Å². The van der Waals surface area contributed by atoms with E-state index in [1.165, 1.54) is 17.0 Å². The van der Waals surface area contributed by atoms with Crippen molar-refractivity contribution in [3.8, 4) is 5.69 Å². The van der Waals surface area contributed by atoms with E-state index in [1.54, 1.807) is 28.6 Å². The normalized spacial score (nSPS) is 14.9. The number of carbonyl (C=O) groups excluding carboxylic acids is 1. The molecule has 1 fully saturated rings. The lowest BCUT2D eigenvalue weighted by Gasteiger charge is -2.38. The van der Waals surface area contributed by atoms with Crippen molar-refractivity contribution in [1.29, 1.82) is 0 Å². The summed E-state index contributed by atoms with van der Waals surface area (Å²) < 4.78 is 23.1. The number of rotatable bonds is 3. The number of piperidine rings is 1. The van der Waals surface area contributed by atoms with Gasteiger partial charge in [0.25, 0.3) is 5.56 Å². The number of hydrogen-bond donors (Lipinski definition) is 0. The minimum atomic E-state index is -0.522. The number of likely N-dealkylation sites (tertiary alicyclic amines) is 1. The molecule has 0 spiro atoms. The molecule has 1 amide bonds. The summed E-state index contributed by atoms with van der Waals surface area (Å²) in [5.41, 5.74) is 1.91. The van der Waals surface area contributed by atoms with Crippen molar-refractivity contribution in [2.45, 2.75) is 52.2 Å². The molecule has 4 heterocycles. The van der Waals surface area contributed by atoms with E-state index in [0.29, 0.717) is 35.4 Å². The maximum atomic E-state index is 14.7. The summed E-state index contributed by atoms with van der Waals surface area (Å²) in [6.07, 6.45) is 6.09. The van der Waals surface area contributed by atoms with Gasteiger partial charge in [-0.1, -0.05) is 0 Å². The van der Waals surface area contributed by atoms with E-state index in [9.17, 15) is 14.0 Å². The van der Waals surface area contributed by atoms with E-state index in [4.69, 9.17) is 4.74 Å². The molecule has 0 unspecified atom stereocenters. The smallest absolute Gasteiger partial charge is 0.410 e. The molecule has 1 aliphatic rings. The molecule has 1 aliphatic heterocycles. The average Bonchev–Trinajstić information content (AvgIpc) is 3.23. The first-order valence-electron chi connectivity index (χ1n) is 12.4. The van der Waals surface area contributed by atoms with E-state index in [-0.39, 0.29) is 23.3 Å². The number of ether oxygens (including phenoxy) is 1. The number of fused-ring (bicyclic) bond motifs is 2. The highest BCUT2D eigenvalue weighted by Crippen LogP contribution is 2.25. The lowest BCUT2D eigenvalue weighted by molar-refractivity contribution is 0.0205. The summed E-state index contributed by atoms with van der Waals surface area (Å²) >= 11 is 0. The molecule has 5 rings (SSSR count). The van der Waals surface area contributed by atoms with Crippen LogP contribution in [-0.4, -0.2) is 61.7 Å². The summed E-state index contributed by atoms with van der Waals surface area (Å²) in [6, 6.07) is 7.10. The van der Waals surface area contributed by atoms with Crippen LogP contribution in [-0.2, 0) is 4.74 Å². The predicted octanol–water partition coefficient (Wildman–Crippen LogP) is 4.32. The number of hydrogen-bond acceptors (Lipinski definition) is 6. The Labute approximate surface area is 214 Å². The summed E-state index contributed by atoms with van der Waals surface area (Å²) in [4.78, 5) is 38.4. The van der Waals surface area contributed by atoms with Crippen molar-refractivity contribution >= 4 is 28.3 Å². The Balaban J connectivity index is 1.39. The third-order valence-corrected chi connectivity index (χ3v) is 6.70. The van der Waals surface area contributed by atoms with Crippen LogP contribution in [0.2, 0.25) is 0 Å². The van der Waals surface area contributed by atoms with Gasteiger partial charge in [-0.05, 0) is 58.7 Å². The van der Waals surface area contributed by atoms with Crippen LogP contribution in [0, 0.1) is 12.7 Å². The van der Waals surface area contributed by atoms with Crippen molar-refractivity contribution in [3.05, 3.63) is 64.9 Å². The maximum Gasteiger partial charge on any atom is 0.410 e. The number of aryl methyl sites for hydroxylation is 1. The first kappa shape index (κ1) is 24.7. The van der Waals surface area contributed by atoms with Gasteiger partial charge in [-0.3, -0.25) is 9.36 Å². The number of anilines is 1. The van der Waals surface area contributed by atoms with Crippen molar-refractivity contribution in [2.75, 3.05) is 25.0 Å². The van der Waals surface area contributed by atoms with Gasteiger partial charge >= 0.3 is 6.09 Å². The quantitative estimate of drug-likeness (QED) is 0.412. The van der Waals surface area contributed by atoms with Crippen molar-refractivity contribution in [1.82, 2.24) is 23.8 Å². The minimum Gasteiger partial charge on any atom is -0.444 e. The van der Waals surface area contributed by atoms with Crippen molar-refractivity contribution in [3.63, 3.8) is 0 Å². The van der Waals surface area contributed by atoms with E-state index < -0.39 is 11.4 Å². The van der Waals surface area contributed by atoms with E-state index in [2.05, 4.69) is 14.9 Å². The molecule has 0 atom stereocenters. The SMILES string of the molecule is Cc1cn2cc(-n3cnc4ccc(N(C)C5CCN(C(=O)OC(C)(C)C)CC5)cc4c3=O)cc(F)c2n1. The Morgan fingerprint density at radius 2 is 1.89 bits per heavy atom. The number of aromatic nitrogens is 4. The van der Waals surface area contributed by atoms with Crippen LogP contribution in [0.15, 0.2) is 47.8 Å². The molecule has 10 heteroatoms. The lowest BCUT2D eigenvalue weighted by atomic mass is 10.0. The number of imidazole rings is 1. The lowest BCUT2D eigenvalue weighted by Crippen LogP contribution is -2.47.